The molecule has 4 unspecified atom stereocenters. The molecule has 0 amide bonds. The molecule has 3 rings (SSSR count). The van der Waals surface area contributed by atoms with Crippen LogP contribution in [0.3, 0.4) is 0 Å². The van der Waals surface area contributed by atoms with Crippen LogP contribution in [0.5, 0.6) is 0 Å². The van der Waals surface area contributed by atoms with Crippen molar-refractivity contribution >= 4 is 0 Å². The van der Waals surface area contributed by atoms with Crippen molar-refractivity contribution in [3.63, 3.8) is 0 Å². The predicted molar refractivity (Wildman–Crippen MR) is 54.4 cm³/mol. The van der Waals surface area contributed by atoms with Gasteiger partial charge in [0.25, 0.3) is 0 Å². The molecular weight excluding hydrogens is 158 g/mol. The Labute approximate surface area is 80.1 Å². The topological polar surface area (TPSA) is 3.24 Å². The first-order chi connectivity index (χ1) is 6.38. The molecule has 1 nitrogen and oxygen atoms in total. The Balaban J connectivity index is 1.75. The molecule has 1 saturated heterocycles. The average molecular weight is 175 g/mol. The van der Waals surface area contributed by atoms with Crippen molar-refractivity contribution in [2.75, 3.05) is 19.6 Å². The molecule has 2 aliphatic carbocycles. The van der Waals surface area contributed by atoms with E-state index in [1.165, 1.54) is 19.5 Å². The van der Waals surface area contributed by atoms with Crippen LogP contribution in [0.25, 0.3) is 0 Å². The maximum absolute atomic E-state index is 3.81. The second-order valence-corrected chi connectivity index (χ2v) is 4.78. The van der Waals surface area contributed by atoms with Crippen molar-refractivity contribution in [2.24, 2.45) is 23.7 Å². The summed E-state index contributed by atoms with van der Waals surface area (Å²) in [5.41, 5.74) is 0. The van der Waals surface area contributed by atoms with Gasteiger partial charge >= 0.3 is 0 Å². The molecule has 0 aromatic heterocycles. The van der Waals surface area contributed by atoms with Crippen LogP contribution in [0.4, 0.5) is 0 Å². The first-order valence-electron chi connectivity index (χ1n) is 5.40. The van der Waals surface area contributed by atoms with Crippen molar-refractivity contribution in [2.45, 2.75) is 6.42 Å². The van der Waals surface area contributed by atoms with Gasteiger partial charge in [0, 0.05) is 19.6 Å². The third-order valence-electron chi connectivity index (χ3n) is 4.12. The standard InChI is InChI=1S/C12H17N/c1-2-5-13-7-11-9-3-4-10(6-9)12(11)8-13/h2-4,9-12H,1,5-8H2. The molecule has 0 N–H and O–H groups in total. The van der Waals surface area contributed by atoms with Crippen molar-refractivity contribution in [1.82, 2.24) is 4.90 Å². The summed E-state index contributed by atoms with van der Waals surface area (Å²) < 4.78 is 0. The van der Waals surface area contributed by atoms with Gasteiger partial charge in [0.1, 0.15) is 0 Å². The maximum Gasteiger partial charge on any atom is 0.0160 e. The number of likely N-dealkylation sites (tertiary alicyclic amines) is 1. The minimum Gasteiger partial charge on any atom is -0.299 e. The Bertz CT molecular complexity index is 236. The van der Waals surface area contributed by atoms with Gasteiger partial charge in [-0.15, -0.1) is 6.58 Å². The fraction of sp³-hybridized carbons (Fsp3) is 0.667. The maximum atomic E-state index is 3.81. The van der Waals surface area contributed by atoms with E-state index in [0.29, 0.717) is 0 Å². The third-order valence-corrected chi connectivity index (χ3v) is 4.12. The Morgan fingerprint density at radius 3 is 2.38 bits per heavy atom. The van der Waals surface area contributed by atoms with Crippen molar-refractivity contribution < 1.29 is 0 Å². The smallest absolute Gasteiger partial charge is 0.0160 e. The summed E-state index contributed by atoms with van der Waals surface area (Å²) in [4.78, 5) is 2.56. The van der Waals surface area contributed by atoms with Gasteiger partial charge in [0.2, 0.25) is 0 Å². The van der Waals surface area contributed by atoms with Gasteiger partial charge in [-0.25, -0.2) is 0 Å². The molecule has 2 bridgehead atoms. The normalized spacial score (nSPS) is 47.1. The second-order valence-electron chi connectivity index (χ2n) is 4.78. The van der Waals surface area contributed by atoms with Gasteiger partial charge in [-0.3, -0.25) is 4.90 Å². The van der Waals surface area contributed by atoms with E-state index in [-0.39, 0.29) is 0 Å². The lowest BCUT2D eigenvalue weighted by Crippen LogP contribution is -2.22. The fourth-order valence-corrected chi connectivity index (χ4v) is 3.57. The Kier molecular flexibility index (Phi) is 1.63. The van der Waals surface area contributed by atoms with E-state index in [0.717, 1.165) is 30.2 Å². The molecule has 1 heterocycles. The van der Waals surface area contributed by atoms with Crippen LogP contribution >= 0.6 is 0 Å². The summed E-state index contributed by atoms with van der Waals surface area (Å²) in [5, 5.41) is 0. The third kappa shape index (κ3) is 1.03. The van der Waals surface area contributed by atoms with Crippen LogP contribution in [0.15, 0.2) is 24.8 Å². The van der Waals surface area contributed by atoms with E-state index in [4.69, 9.17) is 0 Å². The summed E-state index contributed by atoms with van der Waals surface area (Å²) in [6, 6.07) is 0. The fourth-order valence-electron chi connectivity index (χ4n) is 3.57. The summed E-state index contributed by atoms with van der Waals surface area (Å²) in [6.07, 6.45) is 8.42. The Hall–Kier alpha value is -0.560. The molecular formula is C12H17N. The molecule has 13 heavy (non-hydrogen) atoms. The number of nitrogens with zero attached hydrogens (tertiary/aromatic N) is 1. The van der Waals surface area contributed by atoms with E-state index in [1.807, 2.05) is 6.08 Å². The highest BCUT2D eigenvalue weighted by Gasteiger charge is 2.48. The quantitative estimate of drug-likeness (QED) is 0.580. The molecule has 3 aliphatic rings. The molecule has 0 aromatic rings. The van der Waals surface area contributed by atoms with Crippen molar-refractivity contribution in [1.29, 1.82) is 0 Å². The molecule has 1 saturated carbocycles. The largest absolute Gasteiger partial charge is 0.299 e. The lowest BCUT2D eigenvalue weighted by atomic mass is 9.86. The van der Waals surface area contributed by atoms with Gasteiger partial charge in [-0.1, -0.05) is 18.2 Å². The summed E-state index contributed by atoms with van der Waals surface area (Å²) in [6.45, 7) is 7.55. The number of hydrogen-bond donors (Lipinski definition) is 0. The zero-order valence-electron chi connectivity index (χ0n) is 8.02. The average Bonchev–Trinajstić information content (AvgIpc) is 2.72. The van der Waals surface area contributed by atoms with Crippen molar-refractivity contribution in [3.8, 4) is 0 Å². The summed E-state index contributed by atoms with van der Waals surface area (Å²) in [7, 11) is 0. The zero-order valence-corrected chi connectivity index (χ0v) is 8.02. The first kappa shape index (κ1) is 7.81. The zero-order chi connectivity index (χ0) is 8.84. The van der Waals surface area contributed by atoms with Gasteiger partial charge in [-0.2, -0.15) is 0 Å². The van der Waals surface area contributed by atoms with E-state index in [1.54, 1.807) is 0 Å². The van der Waals surface area contributed by atoms with E-state index in [9.17, 15) is 0 Å². The van der Waals surface area contributed by atoms with Crippen LogP contribution in [-0.4, -0.2) is 24.5 Å². The summed E-state index contributed by atoms with van der Waals surface area (Å²) in [5.74, 6) is 3.81. The van der Waals surface area contributed by atoms with E-state index in [2.05, 4.69) is 23.6 Å². The predicted octanol–water partition coefficient (Wildman–Crippen LogP) is 1.93. The highest BCUT2D eigenvalue weighted by atomic mass is 15.2. The van der Waals surface area contributed by atoms with Crippen LogP contribution in [0, 0.1) is 23.7 Å². The Morgan fingerprint density at radius 1 is 1.23 bits per heavy atom. The number of rotatable bonds is 2. The van der Waals surface area contributed by atoms with Crippen LogP contribution in [0.2, 0.25) is 0 Å². The van der Waals surface area contributed by atoms with Crippen LogP contribution < -0.4 is 0 Å². The molecule has 1 heteroatoms. The first-order valence-corrected chi connectivity index (χ1v) is 5.40. The minimum absolute atomic E-state index is 0.921. The molecule has 4 atom stereocenters. The van der Waals surface area contributed by atoms with Gasteiger partial charge < -0.3 is 0 Å². The number of hydrogen-bond acceptors (Lipinski definition) is 1. The van der Waals surface area contributed by atoms with Crippen LogP contribution in [-0.2, 0) is 0 Å². The lowest BCUT2D eigenvalue weighted by molar-refractivity contribution is 0.328. The highest BCUT2D eigenvalue weighted by Crippen LogP contribution is 2.51. The minimum atomic E-state index is 0.921. The number of fused-ring (bicyclic) bond motifs is 5. The molecule has 0 radical (unpaired) electrons. The molecule has 0 spiro atoms. The lowest BCUT2D eigenvalue weighted by Gasteiger charge is -2.17. The van der Waals surface area contributed by atoms with Gasteiger partial charge in [0.05, 0.1) is 0 Å². The van der Waals surface area contributed by atoms with Gasteiger partial charge in [0.15, 0.2) is 0 Å². The summed E-state index contributed by atoms with van der Waals surface area (Å²) >= 11 is 0. The van der Waals surface area contributed by atoms with E-state index >= 15 is 0 Å². The van der Waals surface area contributed by atoms with E-state index < -0.39 is 0 Å². The molecule has 1 aliphatic heterocycles. The second kappa shape index (κ2) is 2.71. The molecule has 70 valence electrons. The van der Waals surface area contributed by atoms with Crippen LogP contribution in [0.1, 0.15) is 6.42 Å². The van der Waals surface area contributed by atoms with Crippen molar-refractivity contribution in [3.05, 3.63) is 24.8 Å². The highest BCUT2D eigenvalue weighted by molar-refractivity contribution is 5.16. The molecule has 0 aromatic carbocycles. The SMILES string of the molecule is C=CCN1CC2C3C=CC(C3)C2C1. The Morgan fingerprint density at radius 2 is 1.85 bits per heavy atom. The number of allylic oxidation sites excluding steroid dienone is 2. The monoisotopic (exact) mass is 175 g/mol. The molecule has 2 fully saturated rings. The van der Waals surface area contributed by atoms with Gasteiger partial charge in [-0.05, 0) is 30.1 Å².